The van der Waals surface area contributed by atoms with E-state index in [4.69, 9.17) is 9.15 Å². The Morgan fingerprint density at radius 2 is 1.63 bits per heavy atom. The number of nitrogens with one attached hydrogen (secondary N) is 1. The second-order valence-corrected chi connectivity index (χ2v) is 8.34. The SMILES string of the molecule is O=C(NC(Cc1ccc(-c2cccc(F)c2)o1)C(=O)O)OCC1c2ccccc2-c2ccccc21. The molecule has 1 unspecified atom stereocenters. The van der Waals surface area contributed by atoms with Crippen molar-refractivity contribution in [1.82, 2.24) is 5.32 Å². The normalized spacial score (nSPS) is 13.1. The number of furan rings is 1. The second-order valence-electron chi connectivity index (χ2n) is 8.34. The van der Waals surface area contributed by atoms with Crippen molar-refractivity contribution < 1.29 is 28.2 Å². The summed E-state index contributed by atoms with van der Waals surface area (Å²) in [5.41, 5.74) is 4.88. The van der Waals surface area contributed by atoms with E-state index < -0.39 is 23.9 Å². The molecule has 1 aliphatic rings. The number of ether oxygens (including phenoxy) is 1. The molecular formula is C28H22FNO5. The molecule has 3 aromatic carbocycles. The predicted octanol–water partition coefficient (Wildman–Crippen LogP) is 5.62. The summed E-state index contributed by atoms with van der Waals surface area (Å²) in [5, 5.41) is 12.0. The Labute approximate surface area is 201 Å². The van der Waals surface area contributed by atoms with Crippen molar-refractivity contribution in [1.29, 1.82) is 0 Å². The van der Waals surface area contributed by atoms with Crippen LogP contribution in [0.1, 0.15) is 22.8 Å². The first-order valence-corrected chi connectivity index (χ1v) is 11.2. The van der Waals surface area contributed by atoms with Crippen LogP contribution in [0.5, 0.6) is 0 Å². The van der Waals surface area contributed by atoms with E-state index in [9.17, 15) is 19.1 Å². The number of rotatable bonds is 7. The highest BCUT2D eigenvalue weighted by atomic mass is 19.1. The van der Waals surface area contributed by atoms with Crippen LogP contribution in [-0.4, -0.2) is 29.8 Å². The summed E-state index contributed by atoms with van der Waals surface area (Å²) in [6.45, 7) is 0.0800. The van der Waals surface area contributed by atoms with Gasteiger partial charge in [0.05, 0.1) is 0 Å². The minimum absolute atomic E-state index is 0.0800. The molecule has 5 rings (SSSR count). The molecular weight excluding hydrogens is 449 g/mol. The third-order valence-corrected chi connectivity index (χ3v) is 6.11. The van der Waals surface area contributed by atoms with E-state index in [1.807, 2.05) is 48.5 Å². The van der Waals surface area contributed by atoms with Gasteiger partial charge in [0, 0.05) is 17.9 Å². The van der Waals surface area contributed by atoms with Crippen molar-refractivity contribution in [3.63, 3.8) is 0 Å². The largest absolute Gasteiger partial charge is 0.480 e. The minimum Gasteiger partial charge on any atom is -0.480 e. The Morgan fingerprint density at radius 3 is 2.29 bits per heavy atom. The topological polar surface area (TPSA) is 88.8 Å². The van der Waals surface area contributed by atoms with Crippen molar-refractivity contribution >= 4 is 12.1 Å². The second kappa shape index (κ2) is 9.46. The van der Waals surface area contributed by atoms with E-state index in [-0.39, 0.29) is 18.9 Å². The lowest BCUT2D eigenvalue weighted by atomic mass is 9.98. The lowest BCUT2D eigenvalue weighted by Gasteiger charge is -2.17. The van der Waals surface area contributed by atoms with E-state index in [0.29, 0.717) is 17.1 Å². The molecule has 1 atom stereocenters. The van der Waals surface area contributed by atoms with Gasteiger partial charge in [0.15, 0.2) is 0 Å². The van der Waals surface area contributed by atoms with Crippen molar-refractivity contribution in [2.24, 2.45) is 0 Å². The zero-order valence-corrected chi connectivity index (χ0v) is 18.6. The molecule has 35 heavy (non-hydrogen) atoms. The van der Waals surface area contributed by atoms with Gasteiger partial charge in [-0.25, -0.2) is 14.0 Å². The fraction of sp³-hybridized carbons (Fsp3) is 0.143. The Balaban J connectivity index is 1.24. The number of halogens is 1. The van der Waals surface area contributed by atoms with Gasteiger partial charge in [-0.3, -0.25) is 0 Å². The Bertz CT molecular complexity index is 1350. The van der Waals surface area contributed by atoms with Crippen molar-refractivity contribution in [3.8, 4) is 22.5 Å². The van der Waals surface area contributed by atoms with E-state index in [2.05, 4.69) is 5.32 Å². The van der Waals surface area contributed by atoms with Crippen LogP contribution in [0.25, 0.3) is 22.5 Å². The molecule has 0 saturated carbocycles. The summed E-state index contributed by atoms with van der Waals surface area (Å²) in [6.07, 6.45) is -0.911. The smallest absolute Gasteiger partial charge is 0.407 e. The van der Waals surface area contributed by atoms with Crippen LogP contribution in [0.2, 0.25) is 0 Å². The maximum absolute atomic E-state index is 13.5. The molecule has 0 radical (unpaired) electrons. The molecule has 1 heterocycles. The van der Waals surface area contributed by atoms with Gasteiger partial charge >= 0.3 is 12.1 Å². The van der Waals surface area contributed by atoms with Gasteiger partial charge in [0.2, 0.25) is 0 Å². The van der Waals surface area contributed by atoms with Crippen molar-refractivity contribution in [2.45, 2.75) is 18.4 Å². The minimum atomic E-state index is -1.25. The van der Waals surface area contributed by atoms with Crippen molar-refractivity contribution in [3.05, 3.63) is 108 Å². The molecule has 0 fully saturated rings. The quantitative estimate of drug-likeness (QED) is 0.365. The molecule has 176 valence electrons. The van der Waals surface area contributed by atoms with Crippen molar-refractivity contribution in [2.75, 3.05) is 6.61 Å². The monoisotopic (exact) mass is 471 g/mol. The molecule has 1 aliphatic carbocycles. The van der Waals surface area contributed by atoms with Gasteiger partial charge in [-0.05, 0) is 46.5 Å². The number of amides is 1. The first-order chi connectivity index (χ1) is 17.0. The summed E-state index contributed by atoms with van der Waals surface area (Å²) < 4.78 is 24.6. The summed E-state index contributed by atoms with van der Waals surface area (Å²) in [6, 6.07) is 23.8. The molecule has 2 N–H and O–H groups in total. The molecule has 0 aliphatic heterocycles. The molecule has 6 nitrogen and oxygen atoms in total. The highest BCUT2D eigenvalue weighted by Gasteiger charge is 2.30. The Kier molecular flexibility index (Phi) is 6.06. The van der Waals surface area contributed by atoms with Gasteiger partial charge in [0.1, 0.15) is 30.0 Å². The number of hydrogen-bond donors (Lipinski definition) is 2. The molecule has 0 spiro atoms. The zero-order valence-electron chi connectivity index (χ0n) is 18.6. The first-order valence-electron chi connectivity index (χ1n) is 11.2. The standard InChI is InChI=1S/C28H22FNO5/c29-18-7-5-6-17(14-18)26-13-12-19(35-26)15-25(27(31)32)30-28(33)34-16-24-22-10-3-1-8-20(22)21-9-2-4-11-23(21)24/h1-14,24-25H,15-16H2,(H,30,33)(H,31,32). The maximum Gasteiger partial charge on any atom is 0.407 e. The highest BCUT2D eigenvalue weighted by molar-refractivity contribution is 5.81. The first kappa shape index (κ1) is 22.4. The molecule has 0 saturated heterocycles. The van der Waals surface area contributed by atoms with Crippen LogP contribution in [-0.2, 0) is 16.0 Å². The fourth-order valence-corrected chi connectivity index (χ4v) is 4.47. The van der Waals surface area contributed by atoms with Gasteiger partial charge in [-0.1, -0.05) is 60.7 Å². The summed E-state index contributed by atoms with van der Waals surface area (Å²) in [4.78, 5) is 24.3. The summed E-state index contributed by atoms with van der Waals surface area (Å²) in [7, 11) is 0. The maximum atomic E-state index is 13.5. The number of benzene rings is 3. The third-order valence-electron chi connectivity index (χ3n) is 6.11. The number of carbonyl (C=O) groups excluding carboxylic acids is 1. The number of alkyl carbamates (subject to hydrolysis) is 1. The summed E-state index contributed by atoms with van der Waals surface area (Å²) in [5.74, 6) is -1.00. The van der Waals surface area contributed by atoms with Crippen LogP contribution in [0.3, 0.4) is 0 Å². The van der Waals surface area contributed by atoms with Crippen LogP contribution < -0.4 is 5.32 Å². The number of carboxylic acid groups (broad SMARTS) is 1. The molecule has 0 bridgehead atoms. The van der Waals surface area contributed by atoms with Crippen LogP contribution >= 0.6 is 0 Å². The third kappa shape index (κ3) is 4.66. The van der Waals surface area contributed by atoms with Crippen LogP contribution in [0.15, 0.2) is 89.3 Å². The number of carbonyl (C=O) groups is 2. The van der Waals surface area contributed by atoms with E-state index >= 15 is 0 Å². The fourth-order valence-electron chi connectivity index (χ4n) is 4.47. The van der Waals surface area contributed by atoms with E-state index in [1.54, 1.807) is 24.3 Å². The number of hydrogen-bond acceptors (Lipinski definition) is 4. The van der Waals surface area contributed by atoms with Gasteiger partial charge in [0.25, 0.3) is 0 Å². The van der Waals surface area contributed by atoms with Crippen LogP contribution in [0.4, 0.5) is 9.18 Å². The molecule has 4 aromatic rings. The average Bonchev–Trinajstić information content (AvgIpc) is 3.45. The number of fused-ring (bicyclic) bond motifs is 3. The van der Waals surface area contributed by atoms with E-state index in [1.165, 1.54) is 12.1 Å². The number of carboxylic acids is 1. The zero-order chi connectivity index (χ0) is 24.4. The lowest BCUT2D eigenvalue weighted by molar-refractivity contribution is -0.139. The Hall–Kier alpha value is -4.39. The highest BCUT2D eigenvalue weighted by Crippen LogP contribution is 2.44. The van der Waals surface area contributed by atoms with Gasteiger partial charge < -0.3 is 19.6 Å². The molecule has 1 aromatic heterocycles. The van der Waals surface area contributed by atoms with Gasteiger partial charge in [-0.2, -0.15) is 0 Å². The summed E-state index contributed by atoms with van der Waals surface area (Å²) >= 11 is 0. The van der Waals surface area contributed by atoms with Crippen LogP contribution in [0, 0.1) is 5.82 Å². The Morgan fingerprint density at radius 1 is 0.943 bits per heavy atom. The molecule has 1 amide bonds. The lowest BCUT2D eigenvalue weighted by Crippen LogP contribution is -2.42. The molecule has 7 heteroatoms. The number of aliphatic carboxylic acids is 1. The van der Waals surface area contributed by atoms with E-state index in [0.717, 1.165) is 22.3 Å². The average molecular weight is 471 g/mol. The predicted molar refractivity (Wildman–Crippen MR) is 127 cm³/mol. The van der Waals surface area contributed by atoms with Gasteiger partial charge in [-0.15, -0.1) is 0 Å².